The third-order valence-electron chi connectivity index (χ3n) is 10.2. The number of carbonyl (C=O) groups is 4. The van der Waals surface area contributed by atoms with Crippen molar-refractivity contribution in [2.24, 2.45) is 5.92 Å². The van der Waals surface area contributed by atoms with Crippen molar-refractivity contribution in [3.63, 3.8) is 0 Å². The van der Waals surface area contributed by atoms with Gasteiger partial charge in [-0.15, -0.1) is 0 Å². The van der Waals surface area contributed by atoms with Gasteiger partial charge in [-0.3, -0.25) is 24.1 Å². The van der Waals surface area contributed by atoms with Crippen LogP contribution in [-0.4, -0.2) is 65.6 Å². The normalized spacial score (nSPS) is 17.8. The Balaban J connectivity index is 0.907. The quantitative estimate of drug-likeness (QED) is 0.178. The molecule has 1 aliphatic heterocycles. The van der Waals surface area contributed by atoms with Gasteiger partial charge in [0.2, 0.25) is 11.8 Å². The predicted molar refractivity (Wildman–Crippen MR) is 193 cm³/mol. The van der Waals surface area contributed by atoms with E-state index in [0.29, 0.717) is 47.6 Å². The van der Waals surface area contributed by atoms with E-state index in [-0.39, 0.29) is 54.2 Å². The van der Waals surface area contributed by atoms with Crippen LogP contribution in [0.2, 0.25) is 0 Å². The molecule has 0 saturated carbocycles. The molecule has 0 bridgehead atoms. The lowest BCUT2D eigenvalue weighted by atomic mass is 9.92. The van der Waals surface area contributed by atoms with Crippen LogP contribution < -0.4 is 15.5 Å². The molecule has 0 aromatic heterocycles. The summed E-state index contributed by atoms with van der Waals surface area (Å²) in [7, 11) is 0. The van der Waals surface area contributed by atoms with E-state index in [9.17, 15) is 24.3 Å². The van der Waals surface area contributed by atoms with E-state index in [1.54, 1.807) is 36.4 Å². The van der Waals surface area contributed by atoms with Crippen LogP contribution in [0.25, 0.3) is 16.7 Å². The Kier molecular flexibility index (Phi) is 8.12. The molecule has 1 saturated heterocycles. The van der Waals surface area contributed by atoms with Crippen molar-refractivity contribution < 1.29 is 24.3 Å². The van der Waals surface area contributed by atoms with Crippen LogP contribution in [0.3, 0.4) is 0 Å². The minimum atomic E-state index is -0.183. The monoisotopic (exact) mass is 664 g/mol. The zero-order chi connectivity index (χ0) is 34.4. The highest BCUT2D eigenvalue weighted by molar-refractivity contribution is 6.22. The molecular formula is C41H36N4O5. The molecule has 4 aromatic carbocycles. The molecule has 2 amide bonds. The molecule has 3 N–H and O–H groups in total. The van der Waals surface area contributed by atoms with Gasteiger partial charge < -0.3 is 20.6 Å². The first-order valence-electron chi connectivity index (χ1n) is 17.0. The second kappa shape index (κ2) is 12.9. The van der Waals surface area contributed by atoms with Gasteiger partial charge in [0.15, 0.2) is 11.6 Å². The molecule has 9 nitrogen and oxygen atoms in total. The van der Waals surface area contributed by atoms with Gasteiger partial charge in [0.05, 0.1) is 19.0 Å². The summed E-state index contributed by atoms with van der Waals surface area (Å²) in [6, 6.07) is 25.3. The van der Waals surface area contributed by atoms with E-state index >= 15 is 0 Å². The van der Waals surface area contributed by atoms with Crippen molar-refractivity contribution >= 4 is 46.0 Å². The topological polar surface area (TPSA) is 119 Å². The number of ketones is 2. The van der Waals surface area contributed by atoms with E-state index < -0.39 is 0 Å². The van der Waals surface area contributed by atoms with Gasteiger partial charge in [-0.2, -0.15) is 0 Å². The fourth-order valence-electron chi connectivity index (χ4n) is 7.75. The van der Waals surface area contributed by atoms with Crippen molar-refractivity contribution in [2.45, 2.75) is 25.3 Å². The number of rotatable bonds is 8. The molecule has 50 heavy (non-hydrogen) atoms. The second-order valence-electron chi connectivity index (χ2n) is 13.3. The average Bonchev–Trinajstić information content (AvgIpc) is 3.57. The van der Waals surface area contributed by atoms with Gasteiger partial charge in [0.1, 0.15) is 5.75 Å². The highest BCUT2D eigenvalue weighted by Crippen LogP contribution is 2.42. The largest absolute Gasteiger partial charge is 0.508 e. The number of Topliss-reactive ketones (excluding diaryl/α,β-unsaturated/α-hetero) is 1. The minimum Gasteiger partial charge on any atom is -0.508 e. The van der Waals surface area contributed by atoms with Gasteiger partial charge in [-0.05, 0) is 102 Å². The number of anilines is 3. The van der Waals surface area contributed by atoms with E-state index in [1.165, 1.54) is 0 Å². The Morgan fingerprint density at radius 2 is 1.42 bits per heavy atom. The molecule has 9 heteroatoms. The van der Waals surface area contributed by atoms with Gasteiger partial charge in [0, 0.05) is 52.9 Å². The highest BCUT2D eigenvalue weighted by atomic mass is 16.3. The first-order chi connectivity index (χ1) is 24.3. The van der Waals surface area contributed by atoms with E-state index in [1.807, 2.05) is 66.8 Å². The van der Waals surface area contributed by atoms with Crippen molar-refractivity contribution in [2.75, 3.05) is 41.7 Å². The van der Waals surface area contributed by atoms with Crippen molar-refractivity contribution in [1.82, 2.24) is 4.90 Å². The summed E-state index contributed by atoms with van der Waals surface area (Å²) < 4.78 is 0. The van der Waals surface area contributed by atoms with Gasteiger partial charge >= 0.3 is 0 Å². The third kappa shape index (κ3) is 5.90. The standard InChI is InChI=1S/C41H36N4O5/c46-29-13-11-27(12-14-29)45(24-39(48)43-26-10-16-35-37(22-26)31-6-2-4-8-33(31)41(35)50)28-17-19-44(20-18-28)23-38(47)42-25-9-15-34-36(21-25)30-5-1-3-7-32(30)40(34)49/h1-7,9-16,21-22,28,33,46H,8,17-20,23-24H2,(H,42,47)(H,43,48). The van der Waals surface area contributed by atoms with Crippen molar-refractivity contribution in [3.8, 4) is 16.9 Å². The maximum atomic E-state index is 13.5. The Hall–Kier alpha value is -5.80. The summed E-state index contributed by atoms with van der Waals surface area (Å²) in [6.07, 6.45) is 8.15. The van der Waals surface area contributed by atoms with Gasteiger partial charge in [-0.25, -0.2) is 0 Å². The Labute approximate surface area is 289 Å². The van der Waals surface area contributed by atoms with Crippen LogP contribution in [0.4, 0.5) is 17.1 Å². The number of likely N-dealkylation sites (tertiary alicyclic amines) is 1. The number of nitrogens with one attached hydrogen (secondary N) is 2. The van der Waals surface area contributed by atoms with E-state index in [4.69, 9.17) is 0 Å². The molecule has 1 unspecified atom stereocenters. The molecule has 4 aromatic rings. The number of piperidine rings is 1. The lowest BCUT2D eigenvalue weighted by Gasteiger charge is -2.39. The lowest BCUT2D eigenvalue weighted by Crippen LogP contribution is -2.49. The fraction of sp³-hybridized carbons (Fsp3) is 0.220. The highest BCUT2D eigenvalue weighted by Gasteiger charge is 2.35. The summed E-state index contributed by atoms with van der Waals surface area (Å²) in [5.41, 5.74) is 7.75. The molecule has 0 spiro atoms. The number of phenols is 1. The maximum Gasteiger partial charge on any atom is 0.243 e. The summed E-state index contributed by atoms with van der Waals surface area (Å²) in [5.74, 6) is -0.176. The molecule has 8 rings (SSSR count). The fourth-order valence-corrected chi connectivity index (χ4v) is 7.75. The number of phenolic OH excluding ortho intramolecular Hbond substituents is 1. The predicted octanol–water partition coefficient (Wildman–Crippen LogP) is 6.31. The van der Waals surface area contributed by atoms with E-state index in [0.717, 1.165) is 40.8 Å². The first kappa shape index (κ1) is 31.5. The second-order valence-corrected chi connectivity index (χ2v) is 13.3. The molecule has 250 valence electrons. The maximum absolute atomic E-state index is 13.5. The molecule has 1 fully saturated rings. The summed E-state index contributed by atoms with van der Waals surface area (Å²) >= 11 is 0. The van der Waals surface area contributed by atoms with E-state index in [2.05, 4.69) is 20.4 Å². The van der Waals surface area contributed by atoms with Crippen molar-refractivity contribution in [3.05, 3.63) is 125 Å². The summed E-state index contributed by atoms with van der Waals surface area (Å²) in [6.45, 7) is 1.67. The van der Waals surface area contributed by atoms with Crippen LogP contribution in [0.15, 0.2) is 103 Å². The Morgan fingerprint density at radius 1 is 0.760 bits per heavy atom. The van der Waals surface area contributed by atoms with Crippen LogP contribution in [0.1, 0.15) is 51.1 Å². The summed E-state index contributed by atoms with van der Waals surface area (Å²) in [5, 5.41) is 16.0. The minimum absolute atomic E-state index is 0.00388. The van der Waals surface area contributed by atoms with Gasteiger partial charge in [0.25, 0.3) is 0 Å². The molecule has 1 atom stereocenters. The first-order valence-corrected chi connectivity index (χ1v) is 17.0. The number of allylic oxidation sites excluding steroid dienone is 4. The van der Waals surface area contributed by atoms with Crippen LogP contribution in [0, 0.1) is 5.92 Å². The third-order valence-corrected chi connectivity index (χ3v) is 10.2. The van der Waals surface area contributed by atoms with Crippen LogP contribution in [-0.2, 0) is 9.59 Å². The number of amides is 2. The Bertz CT molecular complexity index is 2110. The molecule has 0 radical (unpaired) electrons. The number of aromatic hydroxyl groups is 1. The number of nitrogens with zero attached hydrogens (tertiary/aromatic N) is 2. The zero-order valence-corrected chi connectivity index (χ0v) is 27.4. The molecular weight excluding hydrogens is 628 g/mol. The van der Waals surface area contributed by atoms with Crippen molar-refractivity contribution in [1.29, 1.82) is 0 Å². The zero-order valence-electron chi connectivity index (χ0n) is 27.4. The average molecular weight is 665 g/mol. The molecule has 3 aliphatic carbocycles. The number of hydrogen-bond acceptors (Lipinski definition) is 7. The summed E-state index contributed by atoms with van der Waals surface area (Å²) in [4.78, 5) is 56.5. The lowest BCUT2D eigenvalue weighted by molar-refractivity contribution is -0.117. The smallest absolute Gasteiger partial charge is 0.243 e. The SMILES string of the molecule is O=C(CN1CCC(N(CC(=O)Nc2ccc3c(c2)C2=CC=CCC2C3=O)c2ccc(O)cc2)CC1)Nc1ccc2c(c1)-c1ccccc1C2=O. The van der Waals surface area contributed by atoms with Crippen LogP contribution >= 0.6 is 0 Å². The number of fused-ring (bicyclic) bond motifs is 6. The molecule has 4 aliphatic rings. The molecule has 1 heterocycles. The number of hydrogen-bond donors (Lipinski definition) is 3. The Morgan fingerprint density at radius 3 is 2.18 bits per heavy atom. The number of benzene rings is 4. The van der Waals surface area contributed by atoms with Crippen LogP contribution in [0.5, 0.6) is 5.75 Å². The number of carbonyl (C=O) groups excluding carboxylic acids is 4. The van der Waals surface area contributed by atoms with Gasteiger partial charge in [-0.1, -0.05) is 42.5 Å².